The summed E-state index contributed by atoms with van der Waals surface area (Å²) in [7, 11) is -1.46. The van der Waals surface area contributed by atoms with Gasteiger partial charge in [-0.05, 0) is 17.7 Å². The van der Waals surface area contributed by atoms with Crippen LogP contribution in [-0.2, 0) is 17.0 Å². The summed E-state index contributed by atoms with van der Waals surface area (Å²) in [5, 5.41) is 11.7. The molecule has 1 fully saturated rings. The lowest BCUT2D eigenvalue weighted by Gasteiger charge is -2.40. The van der Waals surface area contributed by atoms with Crippen molar-refractivity contribution in [3.63, 3.8) is 0 Å². The third-order valence-corrected chi connectivity index (χ3v) is 5.53. The Morgan fingerprint density at radius 3 is 2.58 bits per heavy atom. The fourth-order valence-corrected chi connectivity index (χ4v) is 3.81. The molecule has 2 aromatic heterocycles. The number of anilines is 1. The number of alkyl halides is 3. The van der Waals surface area contributed by atoms with Crippen LogP contribution < -0.4 is 10.2 Å². The molecular weight excluding hydrogens is 435 g/mol. The van der Waals surface area contributed by atoms with Crippen molar-refractivity contribution >= 4 is 33.7 Å². The van der Waals surface area contributed by atoms with Gasteiger partial charge in [0.2, 0.25) is 5.16 Å². The number of nitrogens with zero attached hydrogens (tertiary/aromatic N) is 4. The van der Waals surface area contributed by atoms with Gasteiger partial charge in [0.15, 0.2) is 5.65 Å². The maximum Gasteiger partial charge on any atom is 0.417 e. The molecule has 4 rings (SSSR count). The summed E-state index contributed by atoms with van der Waals surface area (Å²) in [5.41, 5.74) is -0.455. The predicted octanol–water partition coefficient (Wildman–Crippen LogP) is 2.90. The minimum Gasteiger partial charge on any atom is -0.465 e. The van der Waals surface area contributed by atoms with E-state index < -0.39 is 28.6 Å². The second-order valence-corrected chi connectivity index (χ2v) is 8.25. The summed E-state index contributed by atoms with van der Waals surface area (Å²) in [6, 6.07) is 6.31. The molecule has 0 unspecified atom stereocenters. The van der Waals surface area contributed by atoms with Crippen molar-refractivity contribution in [3.8, 4) is 11.1 Å². The third-order valence-electron chi connectivity index (χ3n) is 4.81. The van der Waals surface area contributed by atoms with Crippen LogP contribution in [-0.4, -0.2) is 55.7 Å². The summed E-state index contributed by atoms with van der Waals surface area (Å²) >= 11 is 0. The molecule has 3 heterocycles. The number of nitrogens with one attached hydrogen (secondary N) is 1. The smallest absolute Gasteiger partial charge is 0.417 e. The molecule has 0 saturated carbocycles. The highest BCUT2D eigenvalue weighted by Gasteiger charge is 2.36. The topological polar surface area (TPSA) is 108 Å². The summed E-state index contributed by atoms with van der Waals surface area (Å²) < 4.78 is 52.7. The van der Waals surface area contributed by atoms with E-state index in [1.165, 1.54) is 36.7 Å². The Kier molecular flexibility index (Phi) is 5.25. The van der Waals surface area contributed by atoms with Crippen LogP contribution in [0, 0.1) is 0 Å². The van der Waals surface area contributed by atoms with E-state index in [0.29, 0.717) is 5.39 Å². The van der Waals surface area contributed by atoms with Crippen LogP contribution >= 0.6 is 0 Å². The lowest BCUT2D eigenvalue weighted by molar-refractivity contribution is -0.137. The van der Waals surface area contributed by atoms with E-state index in [1.54, 1.807) is 4.90 Å². The highest BCUT2D eigenvalue weighted by Crippen LogP contribution is 2.41. The molecule has 1 aliphatic heterocycles. The van der Waals surface area contributed by atoms with E-state index in [4.69, 9.17) is 5.11 Å². The van der Waals surface area contributed by atoms with Gasteiger partial charge >= 0.3 is 12.3 Å². The highest BCUT2D eigenvalue weighted by molar-refractivity contribution is 7.84. The maximum absolute atomic E-state index is 13.7. The summed E-state index contributed by atoms with van der Waals surface area (Å²) in [6.07, 6.45) is -2.97. The molecule has 2 N–H and O–H groups in total. The average Bonchev–Trinajstić information content (AvgIpc) is 2.68. The van der Waals surface area contributed by atoms with Crippen molar-refractivity contribution < 1.29 is 27.3 Å². The zero-order valence-electron chi connectivity index (χ0n) is 16.1. The molecule has 1 atom stereocenters. The molecule has 1 saturated heterocycles. The fourth-order valence-electron chi connectivity index (χ4n) is 3.40. The van der Waals surface area contributed by atoms with Gasteiger partial charge in [0, 0.05) is 36.5 Å². The van der Waals surface area contributed by atoms with Gasteiger partial charge in [0.25, 0.3) is 0 Å². The van der Waals surface area contributed by atoms with Gasteiger partial charge in [-0.1, -0.05) is 18.2 Å². The number of hydrogen-bond donors (Lipinski definition) is 2. The predicted molar refractivity (Wildman–Crippen MR) is 107 cm³/mol. The second-order valence-electron chi connectivity index (χ2n) is 6.97. The van der Waals surface area contributed by atoms with E-state index in [2.05, 4.69) is 20.3 Å². The van der Waals surface area contributed by atoms with Gasteiger partial charge in [-0.3, -0.25) is 4.21 Å². The second kappa shape index (κ2) is 7.76. The molecule has 1 amide bonds. The molecule has 0 radical (unpaired) electrons. The number of carboxylic acid groups (broad SMARTS) is 1. The molecule has 3 aromatic rings. The molecule has 0 bridgehead atoms. The third kappa shape index (κ3) is 4.15. The lowest BCUT2D eigenvalue weighted by Crippen LogP contribution is -2.59. The zero-order chi connectivity index (χ0) is 22.3. The summed E-state index contributed by atoms with van der Waals surface area (Å²) in [4.78, 5) is 25.1. The number of benzene rings is 1. The Morgan fingerprint density at radius 1 is 1.23 bits per heavy atom. The summed E-state index contributed by atoms with van der Waals surface area (Å²) in [5.74, 6) is 0.235. The number of rotatable bonds is 4. The van der Waals surface area contributed by atoms with E-state index in [9.17, 15) is 22.2 Å². The van der Waals surface area contributed by atoms with Crippen molar-refractivity contribution in [3.05, 3.63) is 42.1 Å². The van der Waals surface area contributed by atoms with Crippen LogP contribution in [0.5, 0.6) is 0 Å². The van der Waals surface area contributed by atoms with E-state index in [-0.39, 0.29) is 46.9 Å². The van der Waals surface area contributed by atoms with Crippen molar-refractivity contribution in [2.45, 2.75) is 17.4 Å². The van der Waals surface area contributed by atoms with Gasteiger partial charge in [-0.2, -0.15) is 13.2 Å². The Balaban J connectivity index is 1.87. The molecule has 0 spiro atoms. The van der Waals surface area contributed by atoms with Crippen LogP contribution in [0.2, 0.25) is 0 Å². The first-order chi connectivity index (χ1) is 14.6. The first-order valence-electron chi connectivity index (χ1n) is 9.05. The van der Waals surface area contributed by atoms with E-state index in [0.717, 1.165) is 6.07 Å². The standard InChI is InChI=1S/C19H16F3N5O3S/c1-31(30)17-23-7-10-6-13(12-4-2-3-5-14(12)19(20,21)22)16(25-15(10)26-17)27-8-11(9-27)24-18(28)29/h2-7,11,24H,8-9H2,1H3,(H,28,29)/t31-/m0/s1. The normalized spacial score (nSPS) is 15.5. The zero-order valence-corrected chi connectivity index (χ0v) is 16.9. The Hall–Kier alpha value is -3.28. The van der Waals surface area contributed by atoms with Gasteiger partial charge < -0.3 is 15.3 Å². The van der Waals surface area contributed by atoms with Crippen LogP contribution in [0.4, 0.5) is 23.8 Å². The average molecular weight is 451 g/mol. The van der Waals surface area contributed by atoms with Gasteiger partial charge in [-0.25, -0.2) is 19.7 Å². The highest BCUT2D eigenvalue weighted by atomic mass is 32.2. The van der Waals surface area contributed by atoms with Gasteiger partial charge in [0.1, 0.15) is 5.82 Å². The Bertz CT molecular complexity index is 1200. The number of fused-ring (bicyclic) bond motifs is 1. The van der Waals surface area contributed by atoms with Crippen LogP contribution in [0.3, 0.4) is 0 Å². The maximum atomic E-state index is 13.7. The molecular formula is C19H16F3N5O3S. The van der Waals surface area contributed by atoms with E-state index >= 15 is 0 Å². The lowest BCUT2D eigenvalue weighted by atomic mass is 9.97. The molecule has 31 heavy (non-hydrogen) atoms. The van der Waals surface area contributed by atoms with Crippen molar-refractivity contribution in [2.75, 3.05) is 24.2 Å². The largest absolute Gasteiger partial charge is 0.465 e. The number of halogens is 3. The minimum absolute atomic E-state index is 0.0582. The number of amides is 1. The molecule has 12 heteroatoms. The number of aromatic nitrogens is 3. The van der Waals surface area contributed by atoms with Crippen LogP contribution in [0.1, 0.15) is 5.56 Å². The van der Waals surface area contributed by atoms with E-state index in [1.807, 2.05) is 0 Å². The molecule has 162 valence electrons. The first kappa shape index (κ1) is 21.0. The molecule has 1 aliphatic rings. The quantitative estimate of drug-likeness (QED) is 0.587. The monoisotopic (exact) mass is 451 g/mol. The van der Waals surface area contributed by atoms with Crippen LogP contribution in [0.25, 0.3) is 22.2 Å². The molecule has 1 aromatic carbocycles. The number of hydrogen-bond acceptors (Lipinski definition) is 6. The van der Waals surface area contributed by atoms with Crippen molar-refractivity contribution in [1.82, 2.24) is 20.3 Å². The van der Waals surface area contributed by atoms with Crippen molar-refractivity contribution in [1.29, 1.82) is 0 Å². The first-order valence-corrected chi connectivity index (χ1v) is 10.6. The van der Waals surface area contributed by atoms with Gasteiger partial charge in [-0.15, -0.1) is 0 Å². The number of carbonyl (C=O) groups is 1. The molecule has 0 aliphatic carbocycles. The summed E-state index contributed by atoms with van der Waals surface area (Å²) in [6.45, 7) is 0.479. The van der Waals surface area contributed by atoms with Crippen molar-refractivity contribution in [2.24, 2.45) is 0 Å². The Morgan fingerprint density at radius 2 is 1.94 bits per heavy atom. The van der Waals surface area contributed by atoms with Crippen LogP contribution in [0.15, 0.2) is 41.7 Å². The fraction of sp³-hybridized carbons (Fsp3) is 0.263. The SMILES string of the molecule is C[S@](=O)c1ncc2cc(-c3ccccc3C(F)(F)F)c(N3CC(NC(=O)O)C3)nc2n1. The molecule has 8 nitrogen and oxygen atoms in total. The Labute approximate surface area is 176 Å². The minimum atomic E-state index is -4.58. The number of pyridine rings is 1. The van der Waals surface area contributed by atoms with Gasteiger partial charge in [0.05, 0.1) is 22.4 Å².